The number of carbonyl (C=O) groups is 1. The topological polar surface area (TPSA) is 89.8 Å². The fourth-order valence-corrected chi connectivity index (χ4v) is 3.42. The highest BCUT2D eigenvalue weighted by molar-refractivity contribution is 6.15. The summed E-state index contributed by atoms with van der Waals surface area (Å²) in [6.07, 6.45) is 23.4. The number of hydrogen-bond donors (Lipinski definition) is 2. The maximum absolute atomic E-state index is 10.8. The molecule has 4 aliphatic rings. The second kappa shape index (κ2) is 15.6. The molecule has 37 heavy (non-hydrogen) atoms. The summed E-state index contributed by atoms with van der Waals surface area (Å²) in [4.78, 5) is 15.0. The Morgan fingerprint density at radius 3 is 2.70 bits per heavy atom. The largest absolute Gasteiger partial charge is 0.461 e. The first-order valence-electron chi connectivity index (χ1n) is 12.1. The van der Waals surface area contributed by atoms with Crippen LogP contribution in [-0.2, 0) is 9.53 Å². The van der Waals surface area contributed by atoms with Gasteiger partial charge in [-0.15, -0.1) is 5.73 Å². The van der Waals surface area contributed by atoms with Crippen LogP contribution in [0.5, 0.6) is 0 Å². The molecule has 4 rings (SSSR count). The number of nitrogens with zero attached hydrogens (tertiary/aromatic N) is 3. The van der Waals surface area contributed by atoms with Gasteiger partial charge in [0.15, 0.2) is 0 Å². The molecule has 0 amide bonds. The van der Waals surface area contributed by atoms with Gasteiger partial charge >= 0.3 is 0 Å². The monoisotopic (exact) mass is 497 g/mol. The van der Waals surface area contributed by atoms with Crippen LogP contribution in [0.1, 0.15) is 33.6 Å². The Balaban J connectivity index is 0.000000228. The van der Waals surface area contributed by atoms with Gasteiger partial charge in [0, 0.05) is 43.9 Å². The molecule has 2 heterocycles. The molecule has 0 saturated heterocycles. The summed E-state index contributed by atoms with van der Waals surface area (Å²) in [5.41, 5.74) is 10.9. The van der Waals surface area contributed by atoms with Crippen molar-refractivity contribution in [1.29, 1.82) is 5.26 Å². The van der Waals surface area contributed by atoms with E-state index in [0.717, 1.165) is 42.0 Å². The van der Waals surface area contributed by atoms with Crippen LogP contribution in [0.15, 0.2) is 117 Å². The number of nitriles is 1. The number of carbonyl (C=O) groups excluding carboxylic acids is 1. The zero-order valence-electron chi connectivity index (χ0n) is 22.2. The highest BCUT2D eigenvalue weighted by Crippen LogP contribution is 2.28. The van der Waals surface area contributed by atoms with E-state index in [1.54, 1.807) is 24.5 Å². The first-order chi connectivity index (χ1) is 18.0. The lowest BCUT2D eigenvalue weighted by Gasteiger charge is -2.33. The van der Waals surface area contributed by atoms with Crippen molar-refractivity contribution >= 4 is 12.0 Å². The van der Waals surface area contributed by atoms with Crippen molar-refractivity contribution < 1.29 is 9.53 Å². The van der Waals surface area contributed by atoms with Crippen molar-refractivity contribution in [2.75, 3.05) is 20.6 Å². The third-order valence-corrected chi connectivity index (χ3v) is 5.34. The van der Waals surface area contributed by atoms with Gasteiger partial charge in [-0.05, 0) is 56.8 Å². The molecule has 0 spiro atoms. The fraction of sp³-hybridized carbons (Fsp3) is 0.267. The molecule has 0 unspecified atom stereocenters. The van der Waals surface area contributed by atoms with Crippen LogP contribution >= 0.6 is 0 Å². The number of ether oxygens (including phenoxy) is 1. The van der Waals surface area contributed by atoms with Gasteiger partial charge in [-0.1, -0.05) is 37.3 Å². The average molecular weight is 498 g/mol. The molecule has 0 atom stereocenters. The van der Waals surface area contributed by atoms with Crippen molar-refractivity contribution in [2.24, 2.45) is 4.99 Å². The first-order valence-corrected chi connectivity index (χ1v) is 12.1. The Hall–Kier alpha value is -4.37. The van der Waals surface area contributed by atoms with Gasteiger partial charge in [-0.3, -0.25) is 14.8 Å². The second-order valence-electron chi connectivity index (χ2n) is 8.26. The van der Waals surface area contributed by atoms with E-state index in [1.165, 1.54) is 5.57 Å². The molecule has 2 aliphatic heterocycles. The van der Waals surface area contributed by atoms with E-state index in [4.69, 9.17) is 10.00 Å². The van der Waals surface area contributed by atoms with Gasteiger partial charge in [0.25, 0.3) is 0 Å². The Kier molecular flexibility index (Phi) is 12.2. The minimum atomic E-state index is 0.501. The van der Waals surface area contributed by atoms with Crippen molar-refractivity contribution in [3.8, 4) is 6.07 Å². The highest BCUT2D eigenvalue weighted by atomic mass is 16.5. The van der Waals surface area contributed by atoms with Crippen LogP contribution < -0.4 is 10.7 Å². The van der Waals surface area contributed by atoms with Crippen LogP contribution in [0.25, 0.3) is 0 Å². The number of hydrazine groups is 1. The standard InChI is InChI=1S/C15H14O.C12H12N4O.C3H9N/c1-13-7-6-10-15(12-11-13)16-14-8-4-2-3-5-9-14;1-8-3-9(7-17)6-16-12(8)11(14-2)10(4-13)5-15-16;1-3-4-2/h2-5,7-8,10-12H,9H2,1H3;5-7,15H,3H2,1-2H3;4H,3H2,1-2H3. The molecule has 0 aromatic carbocycles. The second-order valence-corrected chi connectivity index (χ2v) is 8.26. The van der Waals surface area contributed by atoms with E-state index in [9.17, 15) is 4.79 Å². The van der Waals surface area contributed by atoms with Crippen molar-refractivity contribution in [3.05, 3.63) is 112 Å². The Bertz CT molecular complexity index is 1230. The van der Waals surface area contributed by atoms with Gasteiger partial charge in [-0.2, -0.15) is 5.26 Å². The molecule has 0 bridgehead atoms. The van der Waals surface area contributed by atoms with Crippen molar-refractivity contribution in [3.63, 3.8) is 0 Å². The Morgan fingerprint density at radius 2 is 2.03 bits per heavy atom. The molecule has 7 nitrogen and oxygen atoms in total. The molecular formula is C30H35N5O2. The normalized spacial score (nSPS) is 18.5. The Labute approximate surface area is 220 Å². The molecule has 0 fully saturated rings. The Morgan fingerprint density at radius 1 is 1.24 bits per heavy atom. The van der Waals surface area contributed by atoms with E-state index in [1.807, 2.05) is 69.5 Å². The first kappa shape index (κ1) is 28.9. The number of hydrogen-bond acceptors (Lipinski definition) is 7. The van der Waals surface area contributed by atoms with E-state index < -0.39 is 0 Å². The smallest absolute Gasteiger partial charge is 0.147 e. The predicted molar refractivity (Wildman–Crippen MR) is 150 cm³/mol. The summed E-state index contributed by atoms with van der Waals surface area (Å²) < 4.78 is 5.78. The molecule has 0 aromatic heterocycles. The number of allylic oxidation sites excluding steroid dienone is 12. The summed E-state index contributed by atoms with van der Waals surface area (Å²) in [6, 6.07) is 2.10. The summed E-state index contributed by atoms with van der Waals surface area (Å²) in [7, 11) is 3.59. The lowest BCUT2D eigenvalue weighted by atomic mass is 9.96. The molecule has 2 aliphatic carbocycles. The summed E-state index contributed by atoms with van der Waals surface area (Å²) >= 11 is 0. The summed E-state index contributed by atoms with van der Waals surface area (Å²) in [6.45, 7) is 7.11. The van der Waals surface area contributed by atoms with Crippen LogP contribution in [0, 0.1) is 11.3 Å². The van der Waals surface area contributed by atoms with Gasteiger partial charge in [0.1, 0.15) is 29.6 Å². The molecule has 0 radical (unpaired) electrons. The third kappa shape index (κ3) is 8.97. The quantitative estimate of drug-likeness (QED) is 0.408. The highest BCUT2D eigenvalue weighted by Gasteiger charge is 2.27. The average Bonchev–Trinajstić information content (AvgIpc) is 3.30. The molecule has 192 valence electrons. The van der Waals surface area contributed by atoms with Gasteiger partial charge < -0.3 is 15.5 Å². The minimum absolute atomic E-state index is 0.501. The number of fused-ring (bicyclic) bond motifs is 1. The number of aliphatic imine (C=N–C) groups is 1. The fourth-order valence-electron chi connectivity index (χ4n) is 3.42. The van der Waals surface area contributed by atoms with Gasteiger partial charge in [0.2, 0.25) is 0 Å². The third-order valence-electron chi connectivity index (χ3n) is 5.34. The zero-order chi connectivity index (χ0) is 27.0. The number of aldehydes is 1. The predicted octanol–water partition coefficient (Wildman–Crippen LogP) is 5.23. The van der Waals surface area contributed by atoms with E-state index in [0.29, 0.717) is 23.3 Å². The molecule has 0 aromatic rings. The van der Waals surface area contributed by atoms with Crippen LogP contribution in [0.2, 0.25) is 0 Å². The molecule has 0 saturated carbocycles. The SMILES string of the molecule is CC1=CC=C(OC2=CC=CC=CC2)C=C=C1.CCNC.CN=C1C(C#N)=CNN2C=C(C=O)CC(C)=C12. The number of nitrogens with one attached hydrogen (secondary N) is 2. The minimum Gasteiger partial charge on any atom is -0.461 e. The van der Waals surface area contributed by atoms with E-state index in [-0.39, 0.29) is 0 Å². The lowest BCUT2D eigenvalue weighted by molar-refractivity contribution is -0.105. The molecule has 2 N–H and O–H groups in total. The van der Waals surface area contributed by atoms with Crippen LogP contribution in [-0.4, -0.2) is 37.6 Å². The van der Waals surface area contributed by atoms with Gasteiger partial charge in [-0.25, -0.2) is 0 Å². The van der Waals surface area contributed by atoms with Gasteiger partial charge in [0.05, 0.1) is 11.3 Å². The van der Waals surface area contributed by atoms with Crippen LogP contribution in [0.3, 0.4) is 0 Å². The molecule has 7 heteroatoms. The van der Waals surface area contributed by atoms with Crippen molar-refractivity contribution in [1.82, 2.24) is 15.8 Å². The molecular weight excluding hydrogens is 462 g/mol. The lowest BCUT2D eigenvalue weighted by Crippen LogP contribution is -2.40. The maximum Gasteiger partial charge on any atom is 0.147 e. The van der Waals surface area contributed by atoms with Crippen LogP contribution in [0.4, 0.5) is 0 Å². The van der Waals surface area contributed by atoms with E-state index >= 15 is 0 Å². The number of rotatable bonds is 4. The summed E-state index contributed by atoms with van der Waals surface area (Å²) in [5.74, 6) is 1.77. The summed E-state index contributed by atoms with van der Waals surface area (Å²) in [5, 5.41) is 13.7. The maximum atomic E-state index is 10.8. The zero-order valence-corrected chi connectivity index (χ0v) is 22.2. The van der Waals surface area contributed by atoms with E-state index in [2.05, 4.69) is 40.5 Å². The van der Waals surface area contributed by atoms with Crippen molar-refractivity contribution in [2.45, 2.75) is 33.6 Å².